The highest BCUT2D eigenvalue weighted by Crippen LogP contribution is 2.23. The van der Waals surface area contributed by atoms with Gasteiger partial charge in [-0.2, -0.15) is 0 Å². The van der Waals surface area contributed by atoms with Gasteiger partial charge in [0.15, 0.2) is 0 Å². The molecular weight excluding hydrogens is 248 g/mol. The lowest BCUT2D eigenvalue weighted by atomic mass is 10.00. The molecule has 2 aromatic rings. The highest BCUT2D eigenvalue weighted by Gasteiger charge is 2.21. The first-order chi connectivity index (χ1) is 9.74. The van der Waals surface area contributed by atoms with Crippen molar-refractivity contribution in [1.82, 2.24) is 5.32 Å². The van der Waals surface area contributed by atoms with E-state index in [9.17, 15) is 0 Å². The normalized spacial score (nSPS) is 20.4. The standard InChI is InChI=1S/C17H22N2O/c1-12(15-6-7-20-11-15)19-10-16-8-13-4-2-3-5-14(13)9-17(16)18/h2-5,8-9,12,15,19H,6-7,10-11,18H2,1H3. The first-order valence-corrected chi connectivity index (χ1v) is 7.32. The number of ether oxygens (including phenoxy) is 1. The van der Waals surface area contributed by atoms with Crippen molar-refractivity contribution in [3.05, 3.63) is 42.0 Å². The molecule has 3 rings (SSSR count). The summed E-state index contributed by atoms with van der Waals surface area (Å²) >= 11 is 0. The van der Waals surface area contributed by atoms with Crippen LogP contribution in [-0.2, 0) is 11.3 Å². The summed E-state index contributed by atoms with van der Waals surface area (Å²) in [7, 11) is 0. The van der Waals surface area contributed by atoms with Gasteiger partial charge in [0.2, 0.25) is 0 Å². The Bertz CT molecular complexity index is 591. The average Bonchev–Trinajstić information content (AvgIpc) is 2.99. The SMILES string of the molecule is CC(NCc1cc2ccccc2cc1N)C1CCOC1. The number of hydrogen-bond acceptors (Lipinski definition) is 3. The lowest BCUT2D eigenvalue weighted by Crippen LogP contribution is -2.33. The molecule has 0 bridgehead atoms. The van der Waals surface area contributed by atoms with Crippen LogP contribution >= 0.6 is 0 Å². The van der Waals surface area contributed by atoms with E-state index < -0.39 is 0 Å². The summed E-state index contributed by atoms with van der Waals surface area (Å²) in [4.78, 5) is 0. The summed E-state index contributed by atoms with van der Waals surface area (Å²) in [5.41, 5.74) is 8.20. The van der Waals surface area contributed by atoms with E-state index in [0.717, 1.165) is 31.9 Å². The van der Waals surface area contributed by atoms with Crippen LogP contribution in [0, 0.1) is 5.92 Å². The second-order valence-electron chi connectivity index (χ2n) is 5.69. The van der Waals surface area contributed by atoms with E-state index in [4.69, 9.17) is 10.5 Å². The molecule has 20 heavy (non-hydrogen) atoms. The fraction of sp³-hybridized carbons (Fsp3) is 0.412. The molecule has 1 aliphatic heterocycles. The van der Waals surface area contributed by atoms with Crippen LogP contribution in [0.5, 0.6) is 0 Å². The lowest BCUT2D eigenvalue weighted by molar-refractivity contribution is 0.178. The highest BCUT2D eigenvalue weighted by atomic mass is 16.5. The topological polar surface area (TPSA) is 47.3 Å². The Hall–Kier alpha value is -1.58. The molecule has 0 radical (unpaired) electrons. The average molecular weight is 270 g/mol. The molecule has 3 N–H and O–H groups in total. The molecule has 2 atom stereocenters. The molecule has 0 spiro atoms. The molecule has 1 heterocycles. The summed E-state index contributed by atoms with van der Waals surface area (Å²) < 4.78 is 5.45. The van der Waals surface area contributed by atoms with Crippen LogP contribution in [0.4, 0.5) is 5.69 Å². The number of nitrogens with one attached hydrogen (secondary N) is 1. The van der Waals surface area contributed by atoms with E-state index in [1.165, 1.54) is 16.3 Å². The Morgan fingerprint density at radius 3 is 2.75 bits per heavy atom. The van der Waals surface area contributed by atoms with E-state index in [1.807, 2.05) is 6.07 Å². The second-order valence-corrected chi connectivity index (χ2v) is 5.69. The van der Waals surface area contributed by atoms with Gasteiger partial charge in [-0.1, -0.05) is 24.3 Å². The van der Waals surface area contributed by atoms with Crippen molar-refractivity contribution in [2.75, 3.05) is 18.9 Å². The molecule has 1 fully saturated rings. The van der Waals surface area contributed by atoms with Gasteiger partial charge in [-0.05, 0) is 47.7 Å². The second kappa shape index (κ2) is 5.81. The molecule has 0 saturated carbocycles. The van der Waals surface area contributed by atoms with Gasteiger partial charge >= 0.3 is 0 Å². The Morgan fingerprint density at radius 2 is 2.05 bits per heavy atom. The quantitative estimate of drug-likeness (QED) is 0.840. The number of fused-ring (bicyclic) bond motifs is 1. The number of nitrogen functional groups attached to an aromatic ring is 1. The minimum atomic E-state index is 0.461. The van der Waals surface area contributed by atoms with Crippen LogP contribution in [0.15, 0.2) is 36.4 Å². The lowest BCUT2D eigenvalue weighted by Gasteiger charge is -2.20. The van der Waals surface area contributed by atoms with Crippen molar-refractivity contribution < 1.29 is 4.74 Å². The van der Waals surface area contributed by atoms with Crippen LogP contribution in [0.3, 0.4) is 0 Å². The molecule has 2 unspecified atom stereocenters. The molecule has 3 nitrogen and oxygen atoms in total. The maximum Gasteiger partial charge on any atom is 0.0509 e. The fourth-order valence-electron chi connectivity index (χ4n) is 2.84. The predicted octanol–water partition coefficient (Wildman–Crippen LogP) is 2.94. The third kappa shape index (κ3) is 2.79. The van der Waals surface area contributed by atoms with Crippen molar-refractivity contribution in [2.45, 2.75) is 25.9 Å². The molecule has 1 aliphatic rings. The Kier molecular flexibility index (Phi) is 3.90. The summed E-state index contributed by atoms with van der Waals surface area (Å²) in [6.45, 7) is 4.82. The largest absolute Gasteiger partial charge is 0.398 e. The van der Waals surface area contributed by atoms with Crippen LogP contribution < -0.4 is 11.1 Å². The number of nitrogens with two attached hydrogens (primary N) is 1. The molecular formula is C17H22N2O. The van der Waals surface area contributed by atoms with Crippen molar-refractivity contribution in [3.8, 4) is 0 Å². The fourth-order valence-corrected chi connectivity index (χ4v) is 2.84. The van der Waals surface area contributed by atoms with E-state index in [0.29, 0.717) is 12.0 Å². The zero-order chi connectivity index (χ0) is 13.9. The van der Waals surface area contributed by atoms with Gasteiger partial charge in [0, 0.05) is 24.9 Å². The molecule has 0 amide bonds. The van der Waals surface area contributed by atoms with Crippen molar-refractivity contribution in [2.24, 2.45) is 5.92 Å². The van der Waals surface area contributed by atoms with Crippen molar-refractivity contribution in [1.29, 1.82) is 0 Å². The zero-order valence-corrected chi connectivity index (χ0v) is 11.9. The van der Waals surface area contributed by atoms with Gasteiger partial charge in [-0.3, -0.25) is 0 Å². The predicted molar refractivity (Wildman–Crippen MR) is 83.6 cm³/mol. The molecule has 3 heteroatoms. The summed E-state index contributed by atoms with van der Waals surface area (Å²) in [5, 5.41) is 6.03. The van der Waals surface area contributed by atoms with E-state index in [-0.39, 0.29) is 0 Å². The number of hydrogen-bond donors (Lipinski definition) is 2. The van der Waals surface area contributed by atoms with Gasteiger partial charge in [0.1, 0.15) is 0 Å². The zero-order valence-electron chi connectivity index (χ0n) is 11.9. The van der Waals surface area contributed by atoms with E-state index >= 15 is 0 Å². The third-order valence-electron chi connectivity index (χ3n) is 4.29. The maximum atomic E-state index is 6.16. The molecule has 0 aliphatic carbocycles. The minimum Gasteiger partial charge on any atom is -0.398 e. The van der Waals surface area contributed by atoms with Gasteiger partial charge < -0.3 is 15.8 Å². The minimum absolute atomic E-state index is 0.461. The summed E-state index contributed by atoms with van der Waals surface area (Å²) in [5.74, 6) is 0.622. The van der Waals surface area contributed by atoms with Gasteiger partial charge in [0.05, 0.1) is 6.61 Å². The maximum absolute atomic E-state index is 6.16. The molecule has 106 valence electrons. The van der Waals surface area contributed by atoms with Crippen molar-refractivity contribution >= 4 is 16.5 Å². The van der Waals surface area contributed by atoms with Crippen LogP contribution in [0.2, 0.25) is 0 Å². The van der Waals surface area contributed by atoms with Gasteiger partial charge in [-0.25, -0.2) is 0 Å². The molecule has 1 saturated heterocycles. The number of anilines is 1. The number of benzene rings is 2. The van der Waals surface area contributed by atoms with Crippen molar-refractivity contribution in [3.63, 3.8) is 0 Å². The first-order valence-electron chi connectivity index (χ1n) is 7.32. The highest BCUT2D eigenvalue weighted by molar-refractivity contribution is 5.86. The Morgan fingerprint density at radius 1 is 1.30 bits per heavy atom. The Labute approximate surface area is 120 Å². The number of rotatable bonds is 4. The molecule has 0 aromatic heterocycles. The Balaban J connectivity index is 1.71. The first kappa shape index (κ1) is 13.4. The van der Waals surface area contributed by atoms with Crippen LogP contribution in [0.25, 0.3) is 10.8 Å². The van der Waals surface area contributed by atoms with Gasteiger partial charge in [-0.15, -0.1) is 0 Å². The van der Waals surface area contributed by atoms with Gasteiger partial charge in [0.25, 0.3) is 0 Å². The van der Waals surface area contributed by atoms with Crippen LogP contribution in [0.1, 0.15) is 18.9 Å². The summed E-state index contributed by atoms with van der Waals surface area (Å²) in [6, 6.07) is 13.1. The molecule has 2 aromatic carbocycles. The van der Waals surface area contributed by atoms with Crippen LogP contribution in [-0.4, -0.2) is 19.3 Å². The van der Waals surface area contributed by atoms with E-state index in [2.05, 4.69) is 42.6 Å². The smallest absolute Gasteiger partial charge is 0.0509 e. The summed E-state index contributed by atoms with van der Waals surface area (Å²) in [6.07, 6.45) is 1.15. The van der Waals surface area contributed by atoms with E-state index in [1.54, 1.807) is 0 Å². The monoisotopic (exact) mass is 270 g/mol. The third-order valence-corrected chi connectivity index (χ3v) is 4.29.